The van der Waals surface area contributed by atoms with E-state index in [0.29, 0.717) is 0 Å². The van der Waals surface area contributed by atoms with Crippen LogP contribution in [0.4, 0.5) is 0 Å². The van der Waals surface area contributed by atoms with Crippen molar-refractivity contribution >= 4 is 0 Å². The van der Waals surface area contributed by atoms with Crippen LogP contribution in [-0.2, 0) is 14.1 Å². The van der Waals surface area contributed by atoms with E-state index in [9.17, 15) is 0 Å². The third kappa shape index (κ3) is 2.14. The molecule has 0 saturated heterocycles. The van der Waals surface area contributed by atoms with E-state index < -0.39 is 0 Å². The van der Waals surface area contributed by atoms with Crippen LogP contribution in [0.5, 0.6) is 0 Å². The molecule has 0 fully saturated rings. The lowest BCUT2D eigenvalue weighted by Crippen LogP contribution is -2.22. The molecule has 0 bridgehead atoms. The van der Waals surface area contributed by atoms with E-state index in [1.165, 1.54) is 0 Å². The average molecular weight is 219 g/mol. The first-order chi connectivity index (χ1) is 7.70. The van der Waals surface area contributed by atoms with Crippen molar-refractivity contribution in [3.05, 3.63) is 36.2 Å². The van der Waals surface area contributed by atoms with Crippen molar-refractivity contribution in [1.82, 2.24) is 24.6 Å². The highest BCUT2D eigenvalue weighted by molar-refractivity contribution is 5.22. The van der Waals surface area contributed by atoms with E-state index in [1.807, 2.05) is 48.3 Å². The van der Waals surface area contributed by atoms with E-state index in [4.69, 9.17) is 0 Å². The fourth-order valence-corrected chi connectivity index (χ4v) is 1.77. The maximum Gasteiger partial charge on any atom is 0.0947 e. The molecule has 0 aliphatic carbocycles. The molecule has 0 amide bonds. The summed E-state index contributed by atoms with van der Waals surface area (Å²) in [5.74, 6) is 0. The smallest absolute Gasteiger partial charge is 0.0947 e. The highest BCUT2D eigenvalue weighted by Crippen LogP contribution is 2.19. The summed E-state index contributed by atoms with van der Waals surface area (Å²) < 4.78 is 3.76. The van der Waals surface area contributed by atoms with Gasteiger partial charge >= 0.3 is 0 Å². The maximum absolute atomic E-state index is 4.38. The number of aromatic nitrogens is 4. The van der Waals surface area contributed by atoms with Gasteiger partial charge in [0.15, 0.2) is 0 Å². The van der Waals surface area contributed by atoms with Crippen molar-refractivity contribution < 1.29 is 0 Å². The monoisotopic (exact) mass is 219 g/mol. The summed E-state index contributed by atoms with van der Waals surface area (Å²) in [6.45, 7) is 2.99. The minimum atomic E-state index is 0.125. The van der Waals surface area contributed by atoms with Crippen molar-refractivity contribution in [3.63, 3.8) is 0 Å². The number of aryl methyl sites for hydroxylation is 2. The highest BCUT2D eigenvalue weighted by atomic mass is 15.2. The average Bonchev–Trinajstić information content (AvgIpc) is 2.84. The molecular weight excluding hydrogens is 202 g/mol. The first-order valence-corrected chi connectivity index (χ1v) is 5.40. The molecule has 0 aromatic carbocycles. The van der Waals surface area contributed by atoms with Crippen molar-refractivity contribution in [1.29, 1.82) is 0 Å². The van der Waals surface area contributed by atoms with Gasteiger partial charge in [0.1, 0.15) is 0 Å². The lowest BCUT2D eigenvalue weighted by atomic mass is 10.1. The van der Waals surface area contributed by atoms with Crippen LogP contribution >= 0.6 is 0 Å². The quantitative estimate of drug-likeness (QED) is 0.829. The largest absolute Gasteiger partial charge is 0.340 e. The third-order valence-corrected chi connectivity index (χ3v) is 2.49. The lowest BCUT2D eigenvalue weighted by Gasteiger charge is -2.13. The second-order valence-corrected chi connectivity index (χ2v) is 3.90. The predicted molar refractivity (Wildman–Crippen MR) is 61.9 cm³/mol. The van der Waals surface area contributed by atoms with E-state index >= 15 is 0 Å². The minimum absolute atomic E-state index is 0.125. The second kappa shape index (κ2) is 4.49. The van der Waals surface area contributed by atoms with Crippen molar-refractivity contribution in [2.75, 3.05) is 6.54 Å². The fourth-order valence-electron chi connectivity index (χ4n) is 1.77. The number of nitrogens with zero attached hydrogens (tertiary/aromatic N) is 4. The second-order valence-electron chi connectivity index (χ2n) is 3.90. The zero-order valence-corrected chi connectivity index (χ0v) is 9.88. The maximum atomic E-state index is 4.38. The summed E-state index contributed by atoms with van der Waals surface area (Å²) in [5, 5.41) is 7.61. The predicted octanol–water partition coefficient (Wildman–Crippen LogP) is 0.852. The zero-order chi connectivity index (χ0) is 11.5. The Balaban J connectivity index is 2.30. The van der Waals surface area contributed by atoms with Crippen LogP contribution in [0.1, 0.15) is 24.2 Å². The van der Waals surface area contributed by atoms with Gasteiger partial charge in [0, 0.05) is 32.1 Å². The molecule has 1 unspecified atom stereocenters. The van der Waals surface area contributed by atoms with Crippen LogP contribution < -0.4 is 5.32 Å². The molecule has 2 rings (SSSR count). The molecular formula is C11H17N5. The zero-order valence-electron chi connectivity index (χ0n) is 9.88. The van der Waals surface area contributed by atoms with E-state index in [0.717, 1.165) is 17.8 Å². The van der Waals surface area contributed by atoms with Gasteiger partial charge in [-0.25, -0.2) is 4.98 Å². The van der Waals surface area contributed by atoms with Crippen molar-refractivity contribution in [2.45, 2.75) is 13.0 Å². The Bertz CT molecular complexity index is 416. The van der Waals surface area contributed by atoms with Gasteiger partial charge in [-0.15, -0.1) is 0 Å². The number of hydrogen-bond acceptors (Lipinski definition) is 3. The topological polar surface area (TPSA) is 47.7 Å². The normalized spacial score (nSPS) is 12.9. The van der Waals surface area contributed by atoms with E-state index in [-0.39, 0.29) is 6.04 Å². The molecule has 2 heterocycles. The summed E-state index contributed by atoms with van der Waals surface area (Å²) in [6, 6.07) is 0.125. The summed E-state index contributed by atoms with van der Waals surface area (Å²) in [6.07, 6.45) is 7.74. The molecule has 0 aliphatic rings. The Morgan fingerprint density at radius 1 is 1.38 bits per heavy atom. The molecule has 86 valence electrons. The molecule has 1 atom stereocenters. The van der Waals surface area contributed by atoms with Crippen LogP contribution in [0.3, 0.4) is 0 Å². The van der Waals surface area contributed by atoms with E-state index in [1.54, 1.807) is 0 Å². The summed E-state index contributed by atoms with van der Waals surface area (Å²) in [7, 11) is 3.90. The Morgan fingerprint density at radius 2 is 2.19 bits per heavy atom. The van der Waals surface area contributed by atoms with Crippen LogP contribution in [0.2, 0.25) is 0 Å². The Hall–Kier alpha value is -1.62. The summed E-state index contributed by atoms with van der Waals surface area (Å²) in [5.41, 5.74) is 2.17. The van der Waals surface area contributed by atoms with Crippen molar-refractivity contribution in [3.8, 4) is 0 Å². The van der Waals surface area contributed by atoms with Gasteiger partial charge in [0.2, 0.25) is 0 Å². The molecule has 16 heavy (non-hydrogen) atoms. The summed E-state index contributed by atoms with van der Waals surface area (Å²) >= 11 is 0. The number of rotatable bonds is 4. The Morgan fingerprint density at radius 3 is 2.69 bits per heavy atom. The Kier molecular flexibility index (Phi) is 3.05. The van der Waals surface area contributed by atoms with Crippen LogP contribution in [0.25, 0.3) is 0 Å². The molecule has 2 aromatic heterocycles. The number of hydrogen-bond donors (Lipinski definition) is 1. The van der Waals surface area contributed by atoms with Gasteiger partial charge in [0.05, 0.1) is 24.3 Å². The molecule has 2 aromatic rings. The van der Waals surface area contributed by atoms with Gasteiger partial charge in [0.25, 0.3) is 0 Å². The van der Waals surface area contributed by atoms with Gasteiger partial charge < -0.3 is 9.88 Å². The van der Waals surface area contributed by atoms with Crippen LogP contribution in [-0.4, -0.2) is 25.9 Å². The number of nitrogens with one attached hydrogen (secondary N) is 1. The lowest BCUT2D eigenvalue weighted by molar-refractivity contribution is 0.616. The van der Waals surface area contributed by atoms with Crippen LogP contribution in [0, 0.1) is 0 Å². The van der Waals surface area contributed by atoms with Crippen LogP contribution in [0.15, 0.2) is 24.9 Å². The molecule has 0 radical (unpaired) electrons. The minimum Gasteiger partial charge on any atom is -0.340 e. The van der Waals surface area contributed by atoms with Gasteiger partial charge in [-0.05, 0) is 6.54 Å². The molecule has 1 N–H and O–H groups in total. The molecule has 0 aliphatic heterocycles. The van der Waals surface area contributed by atoms with Gasteiger partial charge in [-0.1, -0.05) is 6.92 Å². The first-order valence-electron chi connectivity index (χ1n) is 5.40. The molecule has 5 nitrogen and oxygen atoms in total. The summed E-state index contributed by atoms with van der Waals surface area (Å²) in [4.78, 5) is 4.38. The van der Waals surface area contributed by atoms with Gasteiger partial charge in [-0.3, -0.25) is 4.68 Å². The standard InChI is InChI=1S/C11H17N5/c1-4-12-11(9-5-14-16(3)6-9)10-7-15(2)8-13-10/h5-8,11-12H,4H2,1-3H3. The van der Waals surface area contributed by atoms with Crippen molar-refractivity contribution in [2.24, 2.45) is 14.1 Å². The molecule has 0 saturated carbocycles. The highest BCUT2D eigenvalue weighted by Gasteiger charge is 2.16. The first kappa shape index (κ1) is 10.9. The molecule has 5 heteroatoms. The number of imidazole rings is 1. The fraction of sp³-hybridized carbons (Fsp3) is 0.455. The van der Waals surface area contributed by atoms with Gasteiger partial charge in [-0.2, -0.15) is 5.10 Å². The SMILES string of the molecule is CCNC(c1cnn(C)c1)c1cn(C)cn1. The third-order valence-electron chi connectivity index (χ3n) is 2.49. The molecule has 0 spiro atoms. The Labute approximate surface area is 95.1 Å². The van der Waals surface area contributed by atoms with E-state index in [2.05, 4.69) is 22.3 Å².